The van der Waals surface area contributed by atoms with Crippen LogP contribution in [0.2, 0.25) is 0 Å². The van der Waals surface area contributed by atoms with Crippen LogP contribution >= 0.6 is 11.3 Å². The Hall–Kier alpha value is -1.69. The van der Waals surface area contributed by atoms with Crippen molar-refractivity contribution in [2.45, 2.75) is 19.4 Å². The van der Waals surface area contributed by atoms with Gasteiger partial charge in [-0.3, -0.25) is 9.69 Å². The first-order valence-electron chi connectivity index (χ1n) is 8.40. The summed E-state index contributed by atoms with van der Waals surface area (Å²) in [6.07, 6.45) is 0.431. The van der Waals surface area contributed by atoms with Crippen LogP contribution in [0.15, 0.2) is 41.8 Å². The van der Waals surface area contributed by atoms with Crippen LogP contribution in [0.25, 0.3) is 0 Å². The van der Waals surface area contributed by atoms with Crippen molar-refractivity contribution in [3.8, 4) is 0 Å². The van der Waals surface area contributed by atoms with Crippen molar-refractivity contribution in [1.82, 2.24) is 10.2 Å². The summed E-state index contributed by atoms with van der Waals surface area (Å²) in [5.41, 5.74) is 2.27. The van der Waals surface area contributed by atoms with Gasteiger partial charge in [0.2, 0.25) is 5.91 Å². The minimum absolute atomic E-state index is 0.0775. The molecule has 3 rings (SSSR count). The normalized spacial score (nSPS) is 16.7. The molecule has 5 heteroatoms. The lowest BCUT2D eigenvalue weighted by Crippen LogP contribution is -2.43. The molecule has 1 aliphatic rings. The van der Waals surface area contributed by atoms with E-state index in [4.69, 9.17) is 4.74 Å². The van der Waals surface area contributed by atoms with Crippen molar-refractivity contribution >= 4 is 17.2 Å². The number of hydrogen-bond donors (Lipinski definition) is 1. The van der Waals surface area contributed by atoms with Crippen molar-refractivity contribution in [2.75, 3.05) is 32.8 Å². The van der Waals surface area contributed by atoms with Gasteiger partial charge in [-0.1, -0.05) is 35.9 Å². The third-order valence-corrected chi connectivity index (χ3v) is 5.31. The molecule has 128 valence electrons. The van der Waals surface area contributed by atoms with E-state index < -0.39 is 0 Å². The third-order valence-electron chi connectivity index (χ3n) is 4.34. The second kappa shape index (κ2) is 8.42. The Balaban J connectivity index is 1.58. The Labute approximate surface area is 147 Å². The van der Waals surface area contributed by atoms with E-state index in [1.54, 1.807) is 11.3 Å². The number of thiophene rings is 1. The lowest BCUT2D eigenvalue weighted by Gasteiger charge is -2.34. The summed E-state index contributed by atoms with van der Waals surface area (Å²) in [5.74, 6) is 0.0775. The first-order valence-corrected chi connectivity index (χ1v) is 9.28. The molecule has 1 atom stereocenters. The van der Waals surface area contributed by atoms with Crippen molar-refractivity contribution in [1.29, 1.82) is 0 Å². The Morgan fingerprint density at radius 1 is 1.25 bits per heavy atom. The van der Waals surface area contributed by atoms with E-state index in [1.165, 1.54) is 10.4 Å². The zero-order chi connectivity index (χ0) is 16.8. The highest BCUT2D eigenvalue weighted by molar-refractivity contribution is 7.10. The first kappa shape index (κ1) is 17.1. The predicted octanol–water partition coefficient (Wildman–Crippen LogP) is 2.79. The first-order chi connectivity index (χ1) is 11.7. The van der Waals surface area contributed by atoms with E-state index in [2.05, 4.69) is 34.7 Å². The summed E-state index contributed by atoms with van der Waals surface area (Å²) in [4.78, 5) is 16.0. The summed E-state index contributed by atoms with van der Waals surface area (Å²) < 4.78 is 5.46. The fourth-order valence-electron chi connectivity index (χ4n) is 2.94. The van der Waals surface area contributed by atoms with Crippen molar-refractivity contribution in [3.63, 3.8) is 0 Å². The fraction of sp³-hybridized carbons (Fsp3) is 0.421. The molecule has 0 aliphatic carbocycles. The van der Waals surface area contributed by atoms with E-state index in [-0.39, 0.29) is 11.9 Å². The quantitative estimate of drug-likeness (QED) is 0.876. The van der Waals surface area contributed by atoms with Crippen LogP contribution in [-0.2, 0) is 16.0 Å². The Morgan fingerprint density at radius 3 is 2.67 bits per heavy atom. The van der Waals surface area contributed by atoms with E-state index in [0.29, 0.717) is 13.0 Å². The van der Waals surface area contributed by atoms with Gasteiger partial charge in [0, 0.05) is 24.5 Å². The average molecular weight is 344 g/mol. The Morgan fingerprint density at radius 2 is 2.00 bits per heavy atom. The number of hydrogen-bond acceptors (Lipinski definition) is 4. The zero-order valence-corrected chi connectivity index (χ0v) is 14.8. The molecule has 1 aromatic carbocycles. The van der Waals surface area contributed by atoms with Crippen LogP contribution in [0.4, 0.5) is 0 Å². The molecular formula is C19H24N2O2S. The molecule has 0 radical (unpaired) electrons. The van der Waals surface area contributed by atoms with Gasteiger partial charge in [-0.25, -0.2) is 0 Å². The van der Waals surface area contributed by atoms with Gasteiger partial charge in [-0.2, -0.15) is 0 Å². The minimum Gasteiger partial charge on any atom is -0.379 e. The van der Waals surface area contributed by atoms with Crippen LogP contribution in [-0.4, -0.2) is 43.7 Å². The van der Waals surface area contributed by atoms with Gasteiger partial charge in [0.05, 0.1) is 25.7 Å². The number of nitrogens with zero attached hydrogens (tertiary/aromatic N) is 1. The van der Waals surface area contributed by atoms with Gasteiger partial charge < -0.3 is 10.1 Å². The topological polar surface area (TPSA) is 41.6 Å². The van der Waals surface area contributed by atoms with Gasteiger partial charge in [0.1, 0.15) is 0 Å². The summed E-state index contributed by atoms with van der Waals surface area (Å²) in [5, 5.41) is 5.21. The number of amides is 1. The molecule has 1 unspecified atom stereocenters. The van der Waals surface area contributed by atoms with Gasteiger partial charge in [-0.15, -0.1) is 11.3 Å². The largest absolute Gasteiger partial charge is 0.379 e. The molecule has 24 heavy (non-hydrogen) atoms. The lowest BCUT2D eigenvalue weighted by molar-refractivity contribution is -0.120. The highest BCUT2D eigenvalue weighted by Gasteiger charge is 2.23. The van der Waals surface area contributed by atoms with E-state index >= 15 is 0 Å². The number of aryl methyl sites for hydroxylation is 1. The van der Waals surface area contributed by atoms with E-state index in [0.717, 1.165) is 31.9 Å². The molecule has 0 bridgehead atoms. The summed E-state index contributed by atoms with van der Waals surface area (Å²) in [6, 6.07) is 12.6. The van der Waals surface area contributed by atoms with Crippen molar-refractivity contribution in [3.05, 3.63) is 57.8 Å². The number of rotatable bonds is 6. The molecule has 2 aromatic rings. The molecule has 1 amide bonds. The number of ether oxygens (including phenoxy) is 1. The Bertz CT molecular complexity index is 634. The van der Waals surface area contributed by atoms with Gasteiger partial charge in [-0.05, 0) is 23.9 Å². The van der Waals surface area contributed by atoms with E-state index in [9.17, 15) is 4.79 Å². The maximum absolute atomic E-state index is 12.3. The highest BCUT2D eigenvalue weighted by Crippen LogP contribution is 2.25. The molecule has 1 N–H and O–H groups in total. The minimum atomic E-state index is 0.0775. The van der Waals surface area contributed by atoms with Crippen LogP contribution in [0, 0.1) is 6.92 Å². The SMILES string of the molecule is Cc1ccc(CC(=O)NCC(c2cccs2)N2CCOCC2)cc1. The molecule has 1 saturated heterocycles. The second-order valence-corrected chi connectivity index (χ2v) is 7.13. The molecule has 1 aromatic heterocycles. The fourth-order valence-corrected chi connectivity index (χ4v) is 3.80. The molecule has 0 saturated carbocycles. The van der Waals surface area contributed by atoms with Gasteiger partial charge >= 0.3 is 0 Å². The monoisotopic (exact) mass is 344 g/mol. The summed E-state index contributed by atoms with van der Waals surface area (Å²) >= 11 is 1.75. The van der Waals surface area contributed by atoms with Crippen LogP contribution in [0.1, 0.15) is 22.0 Å². The second-order valence-electron chi connectivity index (χ2n) is 6.15. The van der Waals surface area contributed by atoms with Crippen LogP contribution in [0.5, 0.6) is 0 Å². The molecule has 1 fully saturated rings. The van der Waals surface area contributed by atoms with Crippen molar-refractivity contribution in [2.24, 2.45) is 0 Å². The molecular weight excluding hydrogens is 320 g/mol. The number of morpholine rings is 1. The lowest BCUT2D eigenvalue weighted by atomic mass is 10.1. The van der Waals surface area contributed by atoms with Crippen molar-refractivity contribution < 1.29 is 9.53 Å². The number of carbonyl (C=O) groups excluding carboxylic acids is 1. The highest BCUT2D eigenvalue weighted by atomic mass is 32.1. The molecule has 0 spiro atoms. The number of benzene rings is 1. The summed E-state index contributed by atoms with van der Waals surface area (Å²) in [6.45, 7) is 6.05. The van der Waals surface area contributed by atoms with Gasteiger partial charge in [0.25, 0.3) is 0 Å². The number of nitrogens with one attached hydrogen (secondary N) is 1. The maximum atomic E-state index is 12.3. The van der Waals surface area contributed by atoms with E-state index in [1.807, 2.05) is 24.3 Å². The van der Waals surface area contributed by atoms with Gasteiger partial charge in [0.15, 0.2) is 0 Å². The molecule has 4 nitrogen and oxygen atoms in total. The Kier molecular flexibility index (Phi) is 6.01. The smallest absolute Gasteiger partial charge is 0.224 e. The summed E-state index contributed by atoms with van der Waals surface area (Å²) in [7, 11) is 0. The maximum Gasteiger partial charge on any atom is 0.224 e. The zero-order valence-electron chi connectivity index (χ0n) is 14.0. The molecule has 2 heterocycles. The standard InChI is InChI=1S/C19H24N2O2S/c1-15-4-6-16(7-5-15)13-19(22)20-14-17(18-3-2-12-24-18)21-8-10-23-11-9-21/h2-7,12,17H,8-11,13-14H2,1H3,(H,20,22). The van der Waals surface area contributed by atoms with Crippen LogP contribution in [0.3, 0.4) is 0 Å². The predicted molar refractivity (Wildman–Crippen MR) is 97.3 cm³/mol. The third kappa shape index (κ3) is 4.66. The number of carbonyl (C=O) groups is 1. The average Bonchev–Trinajstić information content (AvgIpc) is 3.12. The molecule has 1 aliphatic heterocycles. The van der Waals surface area contributed by atoms with Crippen LogP contribution < -0.4 is 5.32 Å².